The smallest absolute Gasteiger partial charge is 0.164 e. The maximum Gasteiger partial charge on any atom is 0.164 e. The lowest BCUT2D eigenvalue weighted by atomic mass is 9.91. The number of rotatable bonds is 4. The molecule has 2 heterocycles. The van der Waals surface area contributed by atoms with E-state index in [-0.39, 0.29) is 0 Å². The summed E-state index contributed by atoms with van der Waals surface area (Å²) in [5, 5.41) is 11.8. The molecule has 53 heavy (non-hydrogen) atoms. The highest BCUT2D eigenvalue weighted by atomic mass is 16.3. The van der Waals surface area contributed by atoms with Crippen LogP contribution in [0.2, 0.25) is 0 Å². The van der Waals surface area contributed by atoms with Crippen molar-refractivity contribution in [3.05, 3.63) is 176 Å². The highest BCUT2D eigenvalue weighted by molar-refractivity contribution is 6.23. The molecule has 0 aliphatic carbocycles. The van der Waals surface area contributed by atoms with Crippen LogP contribution >= 0.6 is 0 Å². The number of aromatic nitrogens is 3. The van der Waals surface area contributed by atoms with Gasteiger partial charge in [-0.05, 0) is 78.5 Å². The summed E-state index contributed by atoms with van der Waals surface area (Å²) in [7, 11) is 0. The lowest BCUT2D eigenvalue weighted by Crippen LogP contribution is -2.00. The number of furan rings is 1. The van der Waals surface area contributed by atoms with Crippen molar-refractivity contribution < 1.29 is 4.42 Å². The van der Waals surface area contributed by atoms with Gasteiger partial charge in [-0.2, -0.15) is 0 Å². The minimum atomic E-state index is 0.649. The fourth-order valence-electron chi connectivity index (χ4n) is 7.96. The van der Waals surface area contributed by atoms with E-state index < -0.39 is 0 Å². The summed E-state index contributed by atoms with van der Waals surface area (Å²) in [6.07, 6.45) is 0. The maximum atomic E-state index is 6.33. The van der Waals surface area contributed by atoms with Crippen molar-refractivity contribution in [1.29, 1.82) is 0 Å². The maximum absolute atomic E-state index is 6.33. The van der Waals surface area contributed by atoms with Gasteiger partial charge in [-0.3, -0.25) is 0 Å². The monoisotopic (exact) mass is 675 g/mol. The van der Waals surface area contributed by atoms with Crippen molar-refractivity contribution in [3.63, 3.8) is 0 Å². The first kappa shape index (κ1) is 29.5. The van der Waals surface area contributed by atoms with Gasteiger partial charge in [0.2, 0.25) is 0 Å². The third kappa shape index (κ3) is 4.80. The van der Waals surface area contributed by atoms with Gasteiger partial charge in [0.1, 0.15) is 11.2 Å². The van der Waals surface area contributed by atoms with E-state index in [1.54, 1.807) is 0 Å². The van der Waals surface area contributed by atoms with E-state index in [1.165, 1.54) is 32.3 Å². The summed E-state index contributed by atoms with van der Waals surface area (Å²) in [4.78, 5) is 15.0. The van der Waals surface area contributed by atoms with Gasteiger partial charge in [-0.25, -0.2) is 15.0 Å². The molecule has 4 heteroatoms. The molecule has 0 amide bonds. The van der Waals surface area contributed by atoms with Gasteiger partial charge in [0.15, 0.2) is 17.5 Å². The molecule has 2 aromatic heterocycles. The molecule has 11 rings (SSSR count). The Balaban J connectivity index is 1.07. The van der Waals surface area contributed by atoms with Gasteiger partial charge >= 0.3 is 0 Å². The van der Waals surface area contributed by atoms with E-state index in [1.807, 2.05) is 72.8 Å². The summed E-state index contributed by atoms with van der Waals surface area (Å²) in [5.74, 6) is 1.95. The largest absolute Gasteiger partial charge is 0.456 e. The van der Waals surface area contributed by atoms with Crippen LogP contribution in [0.25, 0.3) is 110 Å². The van der Waals surface area contributed by atoms with E-state index in [4.69, 9.17) is 19.4 Å². The molecule has 9 aromatic carbocycles. The molecule has 0 atom stereocenters. The van der Waals surface area contributed by atoms with Gasteiger partial charge in [-0.1, -0.05) is 152 Å². The second-order valence-corrected chi connectivity index (χ2v) is 13.6. The van der Waals surface area contributed by atoms with Gasteiger partial charge in [-0.15, -0.1) is 0 Å². The molecule has 0 saturated carbocycles. The van der Waals surface area contributed by atoms with Crippen LogP contribution in [0.1, 0.15) is 0 Å². The minimum absolute atomic E-state index is 0.649. The molecule has 0 saturated heterocycles. The van der Waals surface area contributed by atoms with Crippen LogP contribution in [0.5, 0.6) is 0 Å². The van der Waals surface area contributed by atoms with Crippen molar-refractivity contribution in [3.8, 4) is 45.3 Å². The average molecular weight is 676 g/mol. The highest BCUT2D eigenvalue weighted by Gasteiger charge is 2.17. The summed E-state index contributed by atoms with van der Waals surface area (Å²) >= 11 is 0. The van der Waals surface area contributed by atoms with E-state index in [0.29, 0.717) is 17.5 Å². The van der Waals surface area contributed by atoms with Gasteiger partial charge in [0.25, 0.3) is 0 Å². The summed E-state index contributed by atoms with van der Waals surface area (Å²) in [6, 6.07) is 61.7. The first-order valence-electron chi connectivity index (χ1n) is 17.9. The Hall–Kier alpha value is -7.17. The Bertz CT molecular complexity index is 3160. The third-order valence-electron chi connectivity index (χ3n) is 10.5. The Labute approximate surface area is 304 Å². The summed E-state index contributed by atoms with van der Waals surface area (Å²) in [6.45, 7) is 0. The molecule has 0 aliphatic rings. The van der Waals surface area contributed by atoms with Crippen LogP contribution in [0.4, 0.5) is 0 Å². The third-order valence-corrected chi connectivity index (χ3v) is 10.5. The molecule has 11 aromatic rings. The lowest BCUT2D eigenvalue weighted by molar-refractivity contribution is 0.669. The SMILES string of the molecule is c1ccc(-c2nc(-c3ccccc3)nc(-c3cccc4c(-c5ccc6c(ccc7ccc8cc9c(cc8c76)oc6ccccc69)c5)cccc34)n2)cc1. The van der Waals surface area contributed by atoms with Crippen LogP contribution in [0.3, 0.4) is 0 Å². The number of benzene rings is 9. The number of hydrogen-bond donors (Lipinski definition) is 0. The Morgan fingerprint density at radius 3 is 1.62 bits per heavy atom. The van der Waals surface area contributed by atoms with Crippen LogP contribution in [-0.2, 0) is 0 Å². The van der Waals surface area contributed by atoms with Crippen molar-refractivity contribution >= 4 is 65.0 Å². The van der Waals surface area contributed by atoms with Crippen LogP contribution in [-0.4, -0.2) is 15.0 Å². The van der Waals surface area contributed by atoms with Crippen LogP contribution in [0.15, 0.2) is 180 Å². The quantitative estimate of drug-likeness (QED) is 0.174. The zero-order chi connectivity index (χ0) is 34.9. The minimum Gasteiger partial charge on any atom is -0.456 e. The molecule has 0 bridgehead atoms. The molecule has 0 N–H and O–H groups in total. The number of hydrogen-bond acceptors (Lipinski definition) is 4. The Morgan fingerprint density at radius 1 is 0.302 bits per heavy atom. The second kappa shape index (κ2) is 11.7. The fraction of sp³-hybridized carbons (Fsp3) is 0. The zero-order valence-corrected chi connectivity index (χ0v) is 28.5. The predicted octanol–water partition coefficient (Wildman–Crippen LogP) is 13.1. The van der Waals surface area contributed by atoms with Gasteiger partial charge in [0, 0.05) is 27.5 Å². The molecule has 0 radical (unpaired) electrons. The highest BCUT2D eigenvalue weighted by Crippen LogP contribution is 2.40. The summed E-state index contributed by atoms with van der Waals surface area (Å²) < 4.78 is 6.33. The van der Waals surface area contributed by atoms with Crippen molar-refractivity contribution in [1.82, 2.24) is 15.0 Å². The molecular weight excluding hydrogens is 647 g/mol. The van der Waals surface area contributed by atoms with Crippen molar-refractivity contribution in [2.24, 2.45) is 0 Å². The number of para-hydroxylation sites is 1. The number of fused-ring (bicyclic) bond motifs is 9. The molecule has 0 fully saturated rings. The number of nitrogens with zero attached hydrogens (tertiary/aromatic N) is 3. The fourth-order valence-corrected chi connectivity index (χ4v) is 7.96. The molecule has 246 valence electrons. The second-order valence-electron chi connectivity index (χ2n) is 13.6. The van der Waals surface area contributed by atoms with E-state index in [0.717, 1.165) is 60.5 Å². The normalized spacial score (nSPS) is 11.8. The molecule has 0 unspecified atom stereocenters. The van der Waals surface area contributed by atoms with E-state index >= 15 is 0 Å². The van der Waals surface area contributed by atoms with Crippen molar-refractivity contribution in [2.75, 3.05) is 0 Å². The van der Waals surface area contributed by atoms with Crippen LogP contribution in [0, 0.1) is 0 Å². The first-order chi connectivity index (χ1) is 26.2. The van der Waals surface area contributed by atoms with Gasteiger partial charge in [0.05, 0.1) is 0 Å². The standard InChI is InChI=1S/C49H29N3O/c1-3-11-31(12-4-1)47-50-48(32-13-5-2-6-14-32)52-49(51-47)41-19-10-17-38-36(16-9-18-39(38)41)33-25-26-37-34(27-33)23-21-30-22-24-35-28-43-40-15-7-8-20-44(40)53-45(43)29-42(35)46(30)37/h1-29H. The summed E-state index contributed by atoms with van der Waals surface area (Å²) in [5.41, 5.74) is 7.02. The molecule has 4 nitrogen and oxygen atoms in total. The average Bonchev–Trinajstić information content (AvgIpc) is 3.60. The van der Waals surface area contributed by atoms with Crippen LogP contribution < -0.4 is 0 Å². The Morgan fingerprint density at radius 2 is 0.887 bits per heavy atom. The molecule has 0 aliphatic heterocycles. The van der Waals surface area contributed by atoms with E-state index in [9.17, 15) is 0 Å². The molecular formula is C49H29N3O. The topological polar surface area (TPSA) is 51.8 Å². The lowest BCUT2D eigenvalue weighted by Gasteiger charge is -2.14. The molecule has 0 spiro atoms. The van der Waals surface area contributed by atoms with Gasteiger partial charge < -0.3 is 4.42 Å². The zero-order valence-electron chi connectivity index (χ0n) is 28.5. The predicted molar refractivity (Wildman–Crippen MR) is 219 cm³/mol. The van der Waals surface area contributed by atoms with Crippen molar-refractivity contribution in [2.45, 2.75) is 0 Å². The first-order valence-corrected chi connectivity index (χ1v) is 17.9. The Kier molecular flexibility index (Phi) is 6.52. The van der Waals surface area contributed by atoms with E-state index in [2.05, 4.69) is 103 Å².